The zero-order valence-electron chi connectivity index (χ0n) is 16.0. The number of piperazine rings is 1. The van der Waals surface area contributed by atoms with Gasteiger partial charge >= 0.3 is 0 Å². The molecule has 3 aromatic rings. The summed E-state index contributed by atoms with van der Waals surface area (Å²) in [6, 6.07) is 11.7. The average Bonchev–Trinajstić information content (AvgIpc) is 3.19. The third-order valence-electron chi connectivity index (χ3n) is 5.07. The van der Waals surface area contributed by atoms with Crippen LogP contribution in [0.3, 0.4) is 0 Å². The lowest BCUT2D eigenvalue weighted by Gasteiger charge is -2.34. The molecule has 4 rings (SSSR count). The van der Waals surface area contributed by atoms with Crippen LogP contribution in [0.25, 0.3) is 5.82 Å². The van der Waals surface area contributed by atoms with Crippen molar-refractivity contribution in [1.82, 2.24) is 29.5 Å². The summed E-state index contributed by atoms with van der Waals surface area (Å²) < 4.78 is 1.77. The fourth-order valence-corrected chi connectivity index (χ4v) is 3.57. The van der Waals surface area contributed by atoms with E-state index in [2.05, 4.69) is 20.0 Å². The van der Waals surface area contributed by atoms with Crippen molar-refractivity contribution in [2.45, 2.75) is 19.9 Å². The summed E-state index contributed by atoms with van der Waals surface area (Å²) in [4.78, 5) is 26.1. The van der Waals surface area contributed by atoms with Crippen LogP contribution in [0.4, 0.5) is 0 Å². The number of hydrogen-bond acceptors (Lipinski definition) is 5. The quantitative estimate of drug-likeness (QED) is 0.683. The number of pyridine rings is 2. The van der Waals surface area contributed by atoms with Crippen LogP contribution in [0.1, 0.15) is 28.7 Å². The molecule has 7 nitrogen and oxygen atoms in total. The molecule has 1 aliphatic heterocycles. The first kappa shape index (κ1) is 18.3. The van der Waals surface area contributed by atoms with Gasteiger partial charge in [-0.3, -0.25) is 14.7 Å². The highest BCUT2D eigenvalue weighted by Crippen LogP contribution is 2.17. The maximum Gasteiger partial charge on any atom is 0.257 e. The molecule has 0 N–H and O–H groups in total. The minimum atomic E-state index is 0.0523. The maximum atomic E-state index is 13.1. The number of aromatic nitrogens is 4. The van der Waals surface area contributed by atoms with Gasteiger partial charge in [-0.2, -0.15) is 5.10 Å². The molecule has 7 heteroatoms. The second kappa shape index (κ2) is 8.31. The van der Waals surface area contributed by atoms with Crippen molar-refractivity contribution in [3.63, 3.8) is 0 Å². The molecule has 0 saturated carbocycles. The third-order valence-corrected chi connectivity index (χ3v) is 5.07. The number of amides is 1. The van der Waals surface area contributed by atoms with Crippen LogP contribution in [0, 0.1) is 0 Å². The molecule has 4 heterocycles. The zero-order chi connectivity index (χ0) is 19.3. The van der Waals surface area contributed by atoms with E-state index in [0.29, 0.717) is 18.7 Å². The minimum Gasteiger partial charge on any atom is -0.336 e. The summed E-state index contributed by atoms with van der Waals surface area (Å²) in [7, 11) is 0. The van der Waals surface area contributed by atoms with E-state index in [1.165, 1.54) is 0 Å². The summed E-state index contributed by atoms with van der Waals surface area (Å²) in [5, 5.41) is 4.43. The molecule has 0 spiro atoms. The predicted octanol–water partition coefficient (Wildman–Crippen LogP) is 2.18. The zero-order valence-corrected chi connectivity index (χ0v) is 16.0. The lowest BCUT2D eigenvalue weighted by molar-refractivity contribution is 0.0626. The average molecular weight is 376 g/mol. The Morgan fingerprint density at radius 3 is 2.39 bits per heavy atom. The van der Waals surface area contributed by atoms with Crippen LogP contribution in [0.2, 0.25) is 0 Å². The third kappa shape index (κ3) is 3.80. The molecule has 0 aliphatic carbocycles. The Bertz CT molecular complexity index is 917. The SMILES string of the molecule is CCc1c(C(=O)N2CCN(Cc3ccccn3)CC2)cnn1-c1ccccn1. The highest BCUT2D eigenvalue weighted by atomic mass is 16.2. The topological polar surface area (TPSA) is 67.2 Å². The second-order valence-corrected chi connectivity index (χ2v) is 6.85. The number of rotatable bonds is 5. The van der Waals surface area contributed by atoms with Crippen LogP contribution in [0.5, 0.6) is 0 Å². The van der Waals surface area contributed by atoms with E-state index in [1.807, 2.05) is 54.4 Å². The Labute approximate surface area is 164 Å². The molecular weight excluding hydrogens is 352 g/mol. The molecule has 0 radical (unpaired) electrons. The lowest BCUT2D eigenvalue weighted by atomic mass is 10.1. The Kier molecular flexibility index (Phi) is 5.43. The van der Waals surface area contributed by atoms with Crippen molar-refractivity contribution in [3.05, 3.63) is 71.9 Å². The van der Waals surface area contributed by atoms with Gasteiger partial charge in [-0.15, -0.1) is 0 Å². The van der Waals surface area contributed by atoms with Crippen molar-refractivity contribution in [2.75, 3.05) is 26.2 Å². The Morgan fingerprint density at radius 2 is 1.75 bits per heavy atom. The van der Waals surface area contributed by atoms with Gasteiger partial charge in [0.1, 0.15) is 0 Å². The molecule has 144 valence electrons. The fraction of sp³-hybridized carbons (Fsp3) is 0.333. The molecular formula is C21H24N6O. The van der Waals surface area contributed by atoms with E-state index in [1.54, 1.807) is 17.1 Å². The molecule has 28 heavy (non-hydrogen) atoms. The summed E-state index contributed by atoms with van der Waals surface area (Å²) in [5.74, 6) is 0.787. The normalized spacial score (nSPS) is 15.0. The van der Waals surface area contributed by atoms with Crippen LogP contribution in [-0.2, 0) is 13.0 Å². The molecule has 0 unspecified atom stereocenters. The van der Waals surface area contributed by atoms with Crippen molar-refractivity contribution in [2.24, 2.45) is 0 Å². The maximum absolute atomic E-state index is 13.1. The molecule has 1 fully saturated rings. The van der Waals surface area contributed by atoms with Gasteiger partial charge in [-0.1, -0.05) is 19.1 Å². The highest BCUT2D eigenvalue weighted by molar-refractivity contribution is 5.95. The number of hydrogen-bond donors (Lipinski definition) is 0. The lowest BCUT2D eigenvalue weighted by Crippen LogP contribution is -2.48. The van der Waals surface area contributed by atoms with Crippen molar-refractivity contribution >= 4 is 5.91 Å². The van der Waals surface area contributed by atoms with Crippen molar-refractivity contribution < 1.29 is 4.79 Å². The van der Waals surface area contributed by atoms with Crippen molar-refractivity contribution in [1.29, 1.82) is 0 Å². The minimum absolute atomic E-state index is 0.0523. The van der Waals surface area contributed by atoms with Crippen LogP contribution in [-0.4, -0.2) is 61.6 Å². The van der Waals surface area contributed by atoms with Gasteiger partial charge in [0.2, 0.25) is 0 Å². The predicted molar refractivity (Wildman–Crippen MR) is 106 cm³/mol. The molecule has 0 aromatic carbocycles. The molecule has 0 bridgehead atoms. The first-order chi connectivity index (χ1) is 13.8. The smallest absolute Gasteiger partial charge is 0.257 e. The largest absolute Gasteiger partial charge is 0.336 e. The molecule has 1 saturated heterocycles. The van der Waals surface area contributed by atoms with Gasteiger partial charge < -0.3 is 4.90 Å². The standard InChI is InChI=1S/C21H24N6O/c1-2-19-18(15-24-27(19)20-8-4-6-10-23-20)21(28)26-13-11-25(12-14-26)16-17-7-3-5-9-22-17/h3-10,15H,2,11-14,16H2,1H3. The van der Waals surface area contributed by atoms with E-state index < -0.39 is 0 Å². The first-order valence-corrected chi connectivity index (χ1v) is 9.66. The Balaban J connectivity index is 1.44. The number of carbonyl (C=O) groups is 1. The van der Waals surface area contributed by atoms with Gasteiger partial charge in [0.05, 0.1) is 23.1 Å². The Hall–Kier alpha value is -3.06. The molecule has 1 amide bonds. The second-order valence-electron chi connectivity index (χ2n) is 6.85. The summed E-state index contributed by atoms with van der Waals surface area (Å²) in [6.07, 6.45) is 5.95. The van der Waals surface area contributed by atoms with E-state index in [4.69, 9.17) is 0 Å². The summed E-state index contributed by atoms with van der Waals surface area (Å²) in [6.45, 7) is 5.97. The van der Waals surface area contributed by atoms with Crippen LogP contribution in [0.15, 0.2) is 55.0 Å². The van der Waals surface area contributed by atoms with E-state index in [9.17, 15) is 4.79 Å². The van der Waals surface area contributed by atoms with Crippen molar-refractivity contribution in [3.8, 4) is 5.82 Å². The number of nitrogens with zero attached hydrogens (tertiary/aromatic N) is 6. The van der Waals surface area contributed by atoms with Crippen LogP contribution >= 0.6 is 0 Å². The monoisotopic (exact) mass is 376 g/mol. The fourth-order valence-electron chi connectivity index (χ4n) is 3.57. The van der Waals surface area contributed by atoms with Gasteiger partial charge in [0.25, 0.3) is 5.91 Å². The molecule has 1 aliphatic rings. The van der Waals surface area contributed by atoms with Crippen LogP contribution < -0.4 is 0 Å². The Morgan fingerprint density at radius 1 is 1.00 bits per heavy atom. The van der Waals surface area contributed by atoms with E-state index in [0.717, 1.165) is 43.3 Å². The van der Waals surface area contributed by atoms with E-state index in [-0.39, 0.29) is 5.91 Å². The van der Waals surface area contributed by atoms with Gasteiger partial charge in [0, 0.05) is 45.1 Å². The summed E-state index contributed by atoms with van der Waals surface area (Å²) in [5.41, 5.74) is 2.64. The highest BCUT2D eigenvalue weighted by Gasteiger charge is 2.26. The summed E-state index contributed by atoms with van der Waals surface area (Å²) >= 11 is 0. The van der Waals surface area contributed by atoms with Gasteiger partial charge in [-0.05, 0) is 30.7 Å². The van der Waals surface area contributed by atoms with Gasteiger partial charge in [-0.25, -0.2) is 9.67 Å². The van der Waals surface area contributed by atoms with Gasteiger partial charge in [0.15, 0.2) is 5.82 Å². The molecule has 0 atom stereocenters. The number of carbonyl (C=O) groups excluding carboxylic acids is 1. The first-order valence-electron chi connectivity index (χ1n) is 9.66. The van der Waals surface area contributed by atoms with E-state index >= 15 is 0 Å². The molecule has 3 aromatic heterocycles.